The van der Waals surface area contributed by atoms with Gasteiger partial charge in [0.05, 0.1) is 11.5 Å². The molecule has 90 valence electrons. The second-order valence-corrected chi connectivity index (χ2v) is 5.31. The van der Waals surface area contributed by atoms with Crippen LogP contribution in [0.25, 0.3) is 0 Å². The number of benzene rings is 1. The predicted molar refractivity (Wildman–Crippen MR) is 69.3 cm³/mol. The molecular formula is C15H20N2. The van der Waals surface area contributed by atoms with E-state index in [1.165, 1.54) is 5.56 Å². The Kier molecular flexibility index (Phi) is 3.81. The quantitative estimate of drug-likeness (QED) is 0.862. The molecule has 0 saturated heterocycles. The van der Waals surface area contributed by atoms with Gasteiger partial charge in [0.2, 0.25) is 0 Å². The van der Waals surface area contributed by atoms with Gasteiger partial charge >= 0.3 is 0 Å². The summed E-state index contributed by atoms with van der Waals surface area (Å²) < 4.78 is 0. The normalized spacial score (nSPS) is 28.6. The van der Waals surface area contributed by atoms with E-state index in [9.17, 15) is 0 Å². The third-order valence-corrected chi connectivity index (χ3v) is 3.80. The molecule has 1 aliphatic rings. The average molecular weight is 228 g/mol. The molecule has 0 bridgehead atoms. The van der Waals surface area contributed by atoms with Gasteiger partial charge in [-0.3, -0.25) is 0 Å². The van der Waals surface area contributed by atoms with Crippen molar-refractivity contribution in [3.05, 3.63) is 35.9 Å². The molecule has 1 aliphatic carbocycles. The molecule has 2 heteroatoms. The Labute approximate surface area is 104 Å². The van der Waals surface area contributed by atoms with Crippen molar-refractivity contribution in [2.24, 2.45) is 5.41 Å². The molecule has 0 unspecified atom stereocenters. The molecule has 1 aromatic rings. The van der Waals surface area contributed by atoms with Crippen LogP contribution in [0, 0.1) is 16.7 Å². The van der Waals surface area contributed by atoms with Crippen molar-refractivity contribution in [2.45, 2.75) is 45.2 Å². The highest BCUT2D eigenvalue weighted by molar-refractivity contribution is 5.14. The SMILES string of the molecule is C[C@]1(C#N)CC[C@H](NCc2ccccc2)CC1. The van der Waals surface area contributed by atoms with Crippen molar-refractivity contribution >= 4 is 0 Å². The van der Waals surface area contributed by atoms with Crippen molar-refractivity contribution in [3.63, 3.8) is 0 Å². The number of hydrogen-bond acceptors (Lipinski definition) is 2. The Morgan fingerprint density at radius 3 is 2.53 bits per heavy atom. The lowest BCUT2D eigenvalue weighted by atomic mass is 9.75. The van der Waals surface area contributed by atoms with Gasteiger partial charge in [-0.1, -0.05) is 30.3 Å². The lowest BCUT2D eigenvalue weighted by molar-refractivity contribution is 0.245. The molecule has 1 N–H and O–H groups in total. The zero-order valence-corrected chi connectivity index (χ0v) is 10.4. The summed E-state index contributed by atoms with van der Waals surface area (Å²) in [5, 5.41) is 12.7. The Balaban J connectivity index is 1.78. The lowest BCUT2D eigenvalue weighted by Gasteiger charge is -2.32. The summed E-state index contributed by atoms with van der Waals surface area (Å²) in [4.78, 5) is 0. The average Bonchev–Trinajstić information content (AvgIpc) is 2.39. The number of nitriles is 1. The Morgan fingerprint density at radius 2 is 1.94 bits per heavy atom. The second-order valence-electron chi connectivity index (χ2n) is 5.31. The van der Waals surface area contributed by atoms with E-state index in [2.05, 4.69) is 42.6 Å². The first kappa shape index (κ1) is 12.1. The minimum absolute atomic E-state index is 0.0784. The summed E-state index contributed by atoms with van der Waals surface area (Å²) >= 11 is 0. The lowest BCUT2D eigenvalue weighted by Crippen LogP contribution is -2.35. The van der Waals surface area contributed by atoms with E-state index in [4.69, 9.17) is 5.26 Å². The van der Waals surface area contributed by atoms with Gasteiger partial charge in [0.25, 0.3) is 0 Å². The smallest absolute Gasteiger partial charge is 0.0686 e. The number of rotatable bonds is 3. The van der Waals surface area contributed by atoms with Gasteiger partial charge in [-0.05, 0) is 38.2 Å². The van der Waals surface area contributed by atoms with E-state index in [0.29, 0.717) is 6.04 Å². The summed E-state index contributed by atoms with van der Waals surface area (Å²) in [5.74, 6) is 0. The molecule has 1 saturated carbocycles. The van der Waals surface area contributed by atoms with E-state index in [0.717, 1.165) is 32.2 Å². The van der Waals surface area contributed by atoms with Crippen LogP contribution >= 0.6 is 0 Å². The van der Waals surface area contributed by atoms with Gasteiger partial charge in [0.1, 0.15) is 0 Å². The number of hydrogen-bond donors (Lipinski definition) is 1. The van der Waals surface area contributed by atoms with Crippen LogP contribution in [-0.2, 0) is 6.54 Å². The predicted octanol–water partition coefficient (Wildman–Crippen LogP) is 3.25. The molecule has 0 atom stereocenters. The molecule has 17 heavy (non-hydrogen) atoms. The van der Waals surface area contributed by atoms with Crippen LogP contribution in [0.3, 0.4) is 0 Å². The zero-order chi connectivity index (χ0) is 12.1. The highest BCUT2D eigenvalue weighted by atomic mass is 14.9. The third-order valence-electron chi connectivity index (χ3n) is 3.80. The van der Waals surface area contributed by atoms with Crippen molar-refractivity contribution in [1.82, 2.24) is 5.32 Å². The molecule has 1 aromatic carbocycles. The van der Waals surface area contributed by atoms with E-state index in [-0.39, 0.29) is 5.41 Å². The first-order valence-corrected chi connectivity index (χ1v) is 6.40. The van der Waals surface area contributed by atoms with Gasteiger partial charge in [0, 0.05) is 12.6 Å². The molecule has 0 amide bonds. The van der Waals surface area contributed by atoms with Crippen LogP contribution in [0.4, 0.5) is 0 Å². The van der Waals surface area contributed by atoms with Crippen LogP contribution in [0.1, 0.15) is 38.2 Å². The van der Waals surface area contributed by atoms with Crippen molar-refractivity contribution < 1.29 is 0 Å². The Hall–Kier alpha value is -1.33. The monoisotopic (exact) mass is 228 g/mol. The van der Waals surface area contributed by atoms with Crippen molar-refractivity contribution in [1.29, 1.82) is 5.26 Å². The fourth-order valence-corrected chi connectivity index (χ4v) is 2.43. The molecule has 0 radical (unpaired) electrons. The van der Waals surface area contributed by atoms with Gasteiger partial charge < -0.3 is 5.32 Å². The van der Waals surface area contributed by atoms with Crippen LogP contribution in [-0.4, -0.2) is 6.04 Å². The molecule has 1 fully saturated rings. The van der Waals surface area contributed by atoms with Gasteiger partial charge in [-0.2, -0.15) is 5.26 Å². The van der Waals surface area contributed by atoms with Crippen LogP contribution in [0.5, 0.6) is 0 Å². The minimum atomic E-state index is -0.0784. The highest BCUT2D eigenvalue weighted by Gasteiger charge is 2.30. The van der Waals surface area contributed by atoms with E-state index < -0.39 is 0 Å². The van der Waals surface area contributed by atoms with Crippen molar-refractivity contribution in [2.75, 3.05) is 0 Å². The zero-order valence-electron chi connectivity index (χ0n) is 10.4. The fourth-order valence-electron chi connectivity index (χ4n) is 2.43. The van der Waals surface area contributed by atoms with Crippen LogP contribution in [0.15, 0.2) is 30.3 Å². The highest BCUT2D eigenvalue weighted by Crippen LogP contribution is 2.35. The third kappa shape index (κ3) is 3.31. The van der Waals surface area contributed by atoms with Gasteiger partial charge in [0.15, 0.2) is 0 Å². The molecule has 2 nitrogen and oxygen atoms in total. The van der Waals surface area contributed by atoms with E-state index >= 15 is 0 Å². The summed E-state index contributed by atoms with van der Waals surface area (Å²) in [6.07, 6.45) is 4.29. The molecule has 0 heterocycles. The van der Waals surface area contributed by atoms with Crippen LogP contribution in [0.2, 0.25) is 0 Å². The van der Waals surface area contributed by atoms with E-state index in [1.54, 1.807) is 0 Å². The molecule has 0 spiro atoms. The first-order valence-electron chi connectivity index (χ1n) is 6.40. The Morgan fingerprint density at radius 1 is 1.29 bits per heavy atom. The summed E-state index contributed by atoms with van der Waals surface area (Å²) in [6.45, 7) is 3.02. The van der Waals surface area contributed by atoms with Crippen molar-refractivity contribution in [3.8, 4) is 6.07 Å². The topological polar surface area (TPSA) is 35.8 Å². The number of nitrogens with zero attached hydrogens (tertiary/aromatic N) is 1. The molecule has 0 aliphatic heterocycles. The maximum Gasteiger partial charge on any atom is 0.0686 e. The summed E-state index contributed by atoms with van der Waals surface area (Å²) in [5.41, 5.74) is 1.26. The maximum atomic E-state index is 9.07. The summed E-state index contributed by atoms with van der Waals surface area (Å²) in [6, 6.07) is 13.5. The summed E-state index contributed by atoms with van der Waals surface area (Å²) in [7, 11) is 0. The number of nitrogens with one attached hydrogen (secondary N) is 1. The standard InChI is InChI=1S/C15H20N2/c1-15(12-16)9-7-14(8-10-15)17-11-13-5-3-2-4-6-13/h2-6,14,17H,7-11H2,1H3/t14-,15-. The second kappa shape index (κ2) is 5.33. The maximum absolute atomic E-state index is 9.07. The van der Waals surface area contributed by atoms with Crippen LogP contribution < -0.4 is 5.32 Å². The molecular weight excluding hydrogens is 208 g/mol. The molecule has 2 rings (SSSR count). The largest absolute Gasteiger partial charge is 0.310 e. The minimum Gasteiger partial charge on any atom is -0.310 e. The van der Waals surface area contributed by atoms with Gasteiger partial charge in [-0.25, -0.2) is 0 Å². The van der Waals surface area contributed by atoms with Gasteiger partial charge in [-0.15, -0.1) is 0 Å². The molecule has 0 aromatic heterocycles. The fraction of sp³-hybridized carbons (Fsp3) is 0.533. The Bertz CT molecular complexity index is 383. The van der Waals surface area contributed by atoms with E-state index in [1.807, 2.05) is 6.07 Å². The first-order chi connectivity index (χ1) is 8.22.